The average molecular weight is 421 g/mol. The summed E-state index contributed by atoms with van der Waals surface area (Å²) < 4.78 is 1.87. The van der Waals surface area contributed by atoms with Crippen molar-refractivity contribution >= 4 is 34.5 Å². The minimum atomic E-state index is 0.114. The monoisotopic (exact) mass is 420 g/mol. The van der Waals surface area contributed by atoms with Crippen LogP contribution in [0.25, 0.3) is 11.0 Å². The number of rotatable bonds is 14. The van der Waals surface area contributed by atoms with E-state index in [-0.39, 0.29) is 11.8 Å². The van der Waals surface area contributed by atoms with Crippen LogP contribution in [-0.4, -0.2) is 44.5 Å². The van der Waals surface area contributed by atoms with Crippen LogP contribution in [0, 0.1) is 5.92 Å². The molecule has 0 aliphatic rings. The van der Waals surface area contributed by atoms with Crippen LogP contribution in [-0.2, 0) is 11.3 Å². The van der Waals surface area contributed by atoms with Crippen LogP contribution in [0.2, 0.25) is 0 Å². The van der Waals surface area contributed by atoms with Gasteiger partial charge in [0.25, 0.3) is 0 Å². The molecule has 29 heavy (non-hydrogen) atoms. The third-order valence-corrected chi connectivity index (χ3v) is 5.77. The number of fused-ring (bicyclic) bond motifs is 1. The molecule has 0 fully saturated rings. The Morgan fingerprint density at radius 2 is 1.83 bits per heavy atom. The van der Waals surface area contributed by atoms with Gasteiger partial charge in [0.15, 0.2) is 10.8 Å². The molecule has 0 saturated carbocycles. The molecule has 0 atom stereocenters. The van der Waals surface area contributed by atoms with E-state index in [1.165, 1.54) is 0 Å². The molecule has 162 valence electrons. The molecule has 2 aromatic rings. The number of aromatic nitrogens is 4. The van der Waals surface area contributed by atoms with Gasteiger partial charge in [-0.2, -0.15) is 5.10 Å². The number of carbonyl (C=O) groups excluding carboxylic acids is 1. The maximum atomic E-state index is 12.5. The summed E-state index contributed by atoms with van der Waals surface area (Å²) >= 11 is 1.67. The summed E-state index contributed by atoms with van der Waals surface area (Å²) in [6, 6.07) is 0. The maximum Gasteiger partial charge on any atom is 0.223 e. The zero-order valence-electron chi connectivity index (χ0n) is 18.3. The lowest BCUT2D eigenvalue weighted by Gasteiger charge is -2.15. The van der Waals surface area contributed by atoms with Crippen LogP contribution in [0.1, 0.15) is 66.2 Å². The summed E-state index contributed by atoms with van der Waals surface area (Å²) in [7, 11) is 0. The highest BCUT2D eigenvalue weighted by molar-refractivity contribution is 7.99. The van der Waals surface area contributed by atoms with E-state index in [1.54, 1.807) is 11.8 Å². The Morgan fingerprint density at radius 3 is 2.48 bits per heavy atom. The van der Waals surface area contributed by atoms with E-state index < -0.39 is 0 Å². The van der Waals surface area contributed by atoms with Crippen molar-refractivity contribution in [3.8, 4) is 0 Å². The summed E-state index contributed by atoms with van der Waals surface area (Å²) in [5.41, 5.74) is 0.824. The first-order chi connectivity index (χ1) is 14.1. The number of thioether (sulfide) groups is 1. The predicted octanol–water partition coefficient (Wildman–Crippen LogP) is 4.48. The fourth-order valence-corrected chi connectivity index (χ4v) is 3.96. The number of carbonyl (C=O) groups is 1. The molecular weight excluding hydrogens is 384 g/mol. The van der Waals surface area contributed by atoms with Crippen LogP contribution in [0.4, 0.5) is 5.82 Å². The van der Waals surface area contributed by atoms with Gasteiger partial charge in [-0.15, -0.1) is 0 Å². The summed E-state index contributed by atoms with van der Waals surface area (Å²) in [6.45, 7) is 10.6. The minimum Gasteiger partial charge on any atom is -0.369 e. The van der Waals surface area contributed by atoms with E-state index in [9.17, 15) is 4.79 Å². The molecule has 0 unspecified atom stereocenters. The van der Waals surface area contributed by atoms with Crippen molar-refractivity contribution in [2.24, 2.45) is 5.92 Å². The standard InChI is InChI=1S/C21H36N6OS/c1-5-9-16(10-6-2)20(28)23-12-13-27-19-17(15-24-27)18(22-11-7-3)25-21(26-19)29-14-8-4/h15-16H,5-14H2,1-4H3,(H,23,28)(H,22,25,26). The van der Waals surface area contributed by atoms with Gasteiger partial charge in [-0.1, -0.05) is 52.3 Å². The molecule has 0 bridgehead atoms. The molecule has 0 aromatic carbocycles. The fourth-order valence-electron chi connectivity index (χ4n) is 3.27. The van der Waals surface area contributed by atoms with E-state index >= 15 is 0 Å². The molecule has 2 aromatic heterocycles. The normalized spacial score (nSPS) is 11.3. The summed E-state index contributed by atoms with van der Waals surface area (Å²) in [4.78, 5) is 21.9. The van der Waals surface area contributed by atoms with Crippen LogP contribution in [0.3, 0.4) is 0 Å². The molecule has 2 rings (SSSR count). The number of nitrogens with zero attached hydrogens (tertiary/aromatic N) is 4. The number of amides is 1. The van der Waals surface area contributed by atoms with Gasteiger partial charge in [-0.05, 0) is 25.7 Å². The van der Waals surface area contributed by atoms with Crippen molar-refractivity contribution in [2.75, 3.05) is 24.2 Å². The lowest BCUT2D eigenvalue weighted by molar-refractivity contribution is -0.125. The number of hydrogen-bond donors (Lipinski definition) is 2. The first-order valence-electron chi connectivity index (χ1n) is 11.0. The zero-order chi connectivity index (χ0) is 21.1. The minimum absolute atomic E-state index is 0.114. The summed E-state index contributed by atoms with van der Waals surface area (Å²) in [5.74, 6) is 2.10. The highest BCUT2D eigenvalue weighted by atomic mass is 32.2. The van der Waals surface area contributed by atoms with E-state index in [0.29, 0.717) is 13.1 Å². The zero-order valence-corrected chi connectivity index (χ0v) is 19.1. The summed E-state index contributed by atoms with van der Waals surface area (Å²) in [6.07, 6.45) is 7.88. The molecule has 2 heterocycles. The van der Waals surface area contributed by atoms with Crippen LogP contribution >= 0.6 is 11.8 Å². The van der Waals surface area contributed by atoms with Crippen molar-refractivity contribution in [1.29, 1.82) is 0 Å². The molecule has 7 nitrogen and oxygen atoms in total. The van der Waals surface area contributed by atoms with Crippen LogP contribution < -0.4 is 10.6 Å². The SMILES string of the molecule is CCCNc1nc(SCCC)nc2c1cnn2CCNC(=O)C(CCC)CCC. The van der Waals surface area contributed by atoms with Gasteiger partial charge in [0.1, 0.15) is 5.82 Å². The molecule has 8 heteroatoms. The van der Waals surface area contributed by atoms with Gasteiger partial charge in [-0.3, -0.25) is 4.79 Å². The lowest BCUT2D eigenvalue weighted by Crippen LogP contribution is -2.33. The highest BCUT2D eigenvalue weighted by Crippen LogP contribution is 2.24. The van der Waals surface area contributed by atoms with Crippen molar-refractivity contribution in [1.82, 2.24) is 25.1 Å². The largest absolute Gasteiger partial charge is 0.369 e. The van der Waals surface area contributed by atoms with Gasteiger partial charge in [0.2, 0.25) is 5.91 Å². The Kier molecular flexibility index (Phi) is 10.2. The number of nitrogens with one attached hydrogen (secondary N) is 2. The smallest absolute Gasteiger partial charge is 0.223 e. The Balaban J connectivity index is 2.10. The van der Waals surface area contributed by atoms with Crippen LogP contribution in [0.15, 0.2) is 11.4 Å². The lowest BCUT2D eigenvalue weighted by atomic mass is 9.97. The molecule has 2 N–H and O–H groups in total. The average Bonchev–Trinajstić information content (AvgIpc) is 3.13. The third kappa shape index (κ3) is 6.87. The van der Waals surface area contributed by atoms with E-state index in [2.05, 4.69) is 48.4 Å². The van der Waals surface area contributed by atoms with E-state index in [0.717, 1.165) is 72.8 Å². The third-order valence-electron chi connectivity index (χ3n) is 4.72. The Hall–Kier alpha value is -1.83. The second-order valence-electron chi connectivity index (χ2n) is 7.30. The van der Waals surface area contributed by atoms with E-state index in [1.807, 2.05) is 10.9 Å². The molecule has 0 aliphatic heterocycles. The number of anilines is 1. The molecule has 1 amide bonds. The van der Waals surface area contributed by atoms with Gasteiger partial charge in [0.05, 0.1) is 18.1 Å². The van der Waals surface area contributed by atoms with Gasteiger partial charge < -0.3 is 10.6 Å². The Labute approximate surface area is 178 Å². The van der Waals surface area contributed by atoms with Crippen molar-refractivity contribution in [3.63, 3.8) is 0 Å². The maximum absolute atomic E-state index is 12.5. The van der Waals surface area contributed by atoms with Gasteiger partial charge >= 0.3 is 0 Å². The molecule has 0 aliphatic carbocycles. The molecular formula is C21H36N6OS. The molecule has 0 saturated heterocycles. The Morgan fingerprint density at radius 1 is 1.07 bits per heavy atom. The number of hydrogen-bond acceptors (Lipinski definition) is 6. The first-order valence-corrected chi connectivity index (χ1v) is 12.0. The highest BCUT2D eigenvalue weighted by Gasteiger charge is 2.17. The van der Waals surface area contributed by atoms with Gasteiger partial charge in [-0.25, -0.2) is 14.6 Å². The summed E-state index contributed by atoms with van der Waals surface area (Å²) in [5, 5.41) is 12.7. The van der Waals surface area contributed by atoms with Crippen LogP contribution in [0.5, 0.6) is 0 Å². The fraction of sp³-hybridized carbons (Fsp3) is 0.714. The van der Waals surface area contributed by atoms with Crippen molar-refractivity contribution in [3.05, 3.63) is 6.20 Å². The molecule has 0 radical (unpaired) electrons. The second kappa shape index (κ2) is 12.7. The molecule has 0 spiro atoms. The first kappa shape index (κ1) is 23.4. The second-order valence-corrected chi connectivity index (χ2v) is 8.36. The van der Waals surface area contributed by atoms with Crippen molar-refractivity contribution in [2.45, 2.75) is 77.9 Å². The van der Waals surface area contributed by atoms with Crippen molar-refractivity contribution < 1.29 is 4.79 Å². The van der Waals surface area contributed by atoms with E-state index in [4.69, 9.17) is 4.98 Å². The topological polar surface area (TPSA) is 84.7 Å². The predicted molar refractivity (Wildman–Crippen MR) is 121 cm³/mol. The quantitative estimate of drug-likeness (QED) is 0.346. The van der Waals surface area contributed by atoms with Gasteiger partial charge in [0, 0.05) is 24.8 Å². The Bertz CT molecular complexity index is 757.